The molecule has 2 aliphatic rings. The fourth-order valence-electron chi connectivity index (χ4n) is 2.71. The molecular formula is C15H18ClN3O3. The number of rotatable bonds is 2. The van der Waals surface area contributed by atoms with Crippen LogP contribution in [0.15, 0.2) is 24.3 Å². The predicted octanol–water partition coefficient (Wildman–Crippen LogP) is 0.526. The topological polar surface area (TPSA) is 69.7 Å². The van der Waals surface area contributed by atoms with Crippen LogP contribution in [0.1, 0.15) is 27.1 Å². The van der Waals surface area contributed by atoms with Gasteiger partial charge in [0.2, 0.25) is 5.91 Å². The summed E-state index contributed by atoms with van der Waals surface area (Å²) in [4.78, 5) is 39.5. The van der Waals surface area contributed by atoms with E-state index in [1.165, 1.54) is 0 Å². The molecule has 6 nitrogen and oxygen atoms in total. The average Bonchev–Trinajstić information content (AvgIpc) is 2.72. The van der Waals surface area contributed by atoms with Crippen LogP contribution in [0.4, 0.5) is 0 Å². The van der Waals surface area contributed by atoms with Gasteiger partial charge in [-0.1, -0.05) is 12.1 Å². The molecule has 7 heteroatoms. The average molecular weight is 324 g/mol. The van der Waals surface area contributed by atoms with Crippen molar-refractivity contribution in [3.8, 4) is 0 Å². The summed E-state index contributed by atoms with van der Waals surface area (Å²) in [5, 5.41) is 3.22. The third-order valence-corrected chi connectivity index (χ3v) is 3.86. The van der Waals surface area contributed by atoms with E-state index >= 15 is 0 Å². The summed E-state index contributed by atoms with van der Waals surface area (Å²) in [5.74, 6) is -0.929. The van der Waals surface area contributed by atoms with Gasteiger partial charge in [-0.15, -0.1) is 12.4 Å². The number of carbonyl (C=O) groups is 3. The quantitative estimate of drug-likeness (QED) is 0.806. The number of fused-ring (bicyclic) bond motifs is 1. The van der Waals surface area contributed by atoms with Gasteiger partial charge in [0.05, 0.1) is 11.1 Å². The Bertz CT molecular complexity index is 562. The van der Waals surface area contributed by atoms with E-state index in [1.807, 2.05) is 0 Å². The lowest BCUT2D eigenvalue weighted by Gasteiger charge is -2.22. The molecule has 0 aliphatic carbocycles. The maximum absolute atomic E-state index is 12.3. The number of amides is 3. The second kappa shape index (κ2) is 6.89. The zero-order valence-electron chi connectivity index (χ0n) is 12.1. The normalized spacial score (nSPS) is 17.8. The van der Waals surface area contributed by atoms with Gasteiger partial charge in [0.25, 0.3) is 11.8 Å². The van der Waals surface area contributed by atoms with Crippen LogP contribution in [0.25, 0.3) is 0 Å². The first kappa shape index (κ1) is 16.5. The van der Waals surface area contributed by atoms with Crippen molar-refractivity contribution in [1.29, 1.82) is 0 Å². The van der Waals surface area contributed by atoms with Crippen LogP contribution in [-0.2, 0) is 4.79 Å². The van der Waals surface area contributed by atoms with Crippen molar-refractivity contribution in [1.82, 2.24) is 15.1 Å². The molecule has 0 spiro atoms. The highest BCUT2D eigenvalue weighted by Gasteiger charge is 2.36. The van der Waals surface area contributed by atoms with Crippen molar-refractivity contribution in [3.63, 3.8) is 0 Å². The predicted molar refractivity (Wildman–Crippen MR) is 83.1 cm³/mol. The first-order valence-electron chi connectivity index (χ1n) is 7.12. The van der Waals surface area contributed by atoms with Crippen LogP contribution in [0.5, 0.6) is 0 Å². The van der Waals surface area contributed by atoms with E-state index in [2.05, 4.69) is 5.32 Å². The van der Waals surface area contributed by atoms with Crippen LogP contribution in [0, 0.1) is 0 Å². The number of hydrogen-bond acceptors (Lipinski definition) is 4. The molecule has 1 fully saturated rings. The van der Waals surface area contributed by atoms with Gasteiger partial charge in [0, 0.05) is 19.6 Å². The van der Waals surface area contributed by atoms with E-state index in [0.717, 1.165) is 24.4 Å². The number of carbonyl (C=O) groups excluding carboxylic acids is 3. The molecule has 2 aliphatic heterocycles. The maximum atomic E-state index is 12.3. The third-order valence-electron chi connectivity index (χ3n) is 3.86. The maximum Gasteiger partial charge on any atom is 0.262 e. The highest BCUT2D eigenvalue weighted by molar-refractivity contribution is 6.22. The van der Waals surface area contributed by atoms with Crippen molar-refractivity contribution in [2.24, 2.45) is 0 Å². The number of hydrogen-bond donors (Lipinski definition) is 1. The zero-order valence-corrected chi connectivity index (χ0v) is 12.9. The van der Waals surface area contributed by atoms with Crippen LogP contribution >= 0.6 is 12.4 Å². The monoisotopic (exact) mass is 323 g/mol. The van der Waals surface area contributed by atoms with E-state index in [-0.39, 0.29) is 36.7 Å². The first-order chi connectivity index (χ1) is 10.2. The number of nitrogens with one attached hydrogen (secondary N) is 1. The van der Waals surface area contributed by atoms with Crippen LogP contribution in [0.2, 0.25) is 0 Å². The smallest absolute Gasteiger partial charge is 0.262 e. The van der Waals surface area contributed by atoms with E-state index in [0.29, 0.717) is 24.2 Å². The standard InChI is InChI=1S/C15H17N3O3.ClH/c19-13(17-8-3-6-16-7-9-17)10-18-14(20)11-4-1-2-5-12(11)15(18)21;/h1-2,4-5,16H,3,6-10H2;1H. The molecule has 1 aromatic carbocycles. The second-order valence-electron chi connectivity index (χ2n) is 5.23. The summed E-state index contributed by atoms with van der Waals surface area (Å²) >= 11 is 0. The van der Waals surface area contributed by atoms with Crippen LogP contribution in [0.3, 0.4) is 0 Å². The Balaban J connectivity index is 0.00000176. The fraction of sp³-hybridized carbons (Fsp3) is 0.400. The molecule has 0 unspecified atom stereocenters. The SMILES string of the molecule is Cl.O=C(CN1C(=O)c2ccccc2C1=O)N1CCCNCC1. The molecule has 1 N–H and O–H groups in total. The van der Waals surface area contributed by atoms with Crippen molar-refractivity contribution in [2.75, 3.05) is 32.7 Å². The van der Waals surface area contributed by atoms with Gasteiger partial charge in [-0.05, 0) is 25.1 Å². The molecule has 118 valence electrons. The number of halogens is 1. The van der Waals surface area contributed by atoms with Gasteiger partial charge in [-0.2, -0.15) is 0 Å². The molecule has 0 saturated carbocycles. The van der Waals surface area contributed by atoms with Crippen molar-refractivity contribution < 1.29 is 14.4 Å². The molecule has 0 radical (unpaired) electrons. The van der Waals surface area contributed by atoms with Crippen molar-refractivity contribution >= 4 is 30.1 Å². The molecule has 0 bridgehead atoms. The van der Waals surface area contributed by atoms with Crippen LogP contribution < -0.4 is 5.32 Å². The third kappa shape index (κ3) is 2.98. The Morgan fingerprint density at radius 1 is 1.05 bits per heavy atom. The fourth-order valence-corrected chi connectivity index (χ4v) is 2.71. The number of nitrogens with zero attached hydrogens (tertiary/aromatic N) is 2. The Labute approximate surface area is 134 Å². The molecular weight excluding hydrogens is 306 g/mol. The summed E-state index contributed by atoms with van der Waals surface area (Å²) < 4.78 is 0. The van der Waals surface area contributed by atoms with Crippen LogP contribution in [-0.4, -0.2) is 60.2 Å². The van der Waals surface area contributed by atoms with Gasteiger partial charge in [-0.25, -0.2) is 0 Å². The molecule has 1 saturated heterocycles. The lowest BCUT2D eigenvalue weighted by Crippen LogP contribution is -2.43. The molecule has 1 aromatic rings. The summed E-state index contributed by atoms with van der Waals surface area (Å²) in [6.07, 6.45) is 0.883. The van der Waals surface area contributed by atoms with E-state index in [1.54, 1.807) is 29.2 Å². The first-order valence-corrected chi connectivity index (χ1v) is 7.12. The van der Waals surface area contributed by atoms with Gasteiger partial charge >= 0.3 is 0 Å². The summed E-state index contributed by atoms with van der Waals surface area (Å²) in [7, 11) is 0. The summed E-state index contributed by atoms with van der Waals surface area (Å²) in [6.45, 7) is 2.73. The zero-order chi connectivity index (χ0) is 14.8. The minimum absolute atomic E-state index is 0. The minimum Gasteiger partial charge on any atom is -0.340 e. The molecule has 0 aromatic heterocycles. The van der Waals surface area contributed by atoms with Crippen molar-refractivity contribution in [2.45, 2.75) is 6.42 Å². The minimum atomic E-state index is -0.378. The second-order valence-corrected chi connectivity index (χ2v) is 5.23. The summed E-state index contributed by atoms with van der Waals surface area (Å²) in [5.41, 5.74) is 0.765. The lowest BCUT2D eigenvalue weighted by atomic mass is 10.1. The molecule has 3 amide bonds. The lowest BCUT2D eigenvalue weighted by molar-refractivity contribution is -0.131. The Morgan fingerprint density at radius 2 is 1.68 bits per heavy atom. The highest BCUT2D eigenvalue weighted by atomic mass is 35.5. The van der Waals surface area contributed by atoms with Gasteiger partial charge < -0.3 is 10.2 Å². The number of imide groups is 1. The molecule has 3 rings (SSSR count). The Morgan fingerprint density at radius 3 is 2.32 bits per heavy atom. The van der Waals surface area contributed by atoms with E-state index in [9.17, 15) is 14.4 Å². The molecule has 0 atom stereocenters. The largest absolute Gasteiger partial charge is 0.340 e. The number of benzene rings is 1. The highest BCUT2D eigenvalue weighted by Crippen LogP contribution is 2.22. The van der Waals surface area contributed by atoms with Gasteiger partial charge in [0.15, 0.2) is 0 Å². The molecule has 2 heterocycles. The Hall–Kier alpha value is -1.92. The van der Waals surface area contributed by atoms with Crippen molar-refractivity contribution in [3.05, 3.63) is 35.4 Å². The van der Waals surface area contributed by atoms with E-state index < -0.39 is 0 Å². The van der Waals surface area contributed by atoms with Gasteiger partial charge in [-0.3, -0.25) is 19.3 Å². The summed E-state index contributed by atoms with van der Waals surface area (Å²) in [6, 6.07) is 6.68. The molecule has 22 heavy (non-hydrogen) atoms. The Kier molecular flexibility index (Phi) is 5.15. The van der Waals surface area contributed by atoms with E-state index in [4.69, 9.17) is 0 Å². The van der Waals surface area contributed by atoms with Gasteiger partial charge in [0.1, 0.15) is 6.54 Å².